The van der Waals surface area contributed by atoms with E-state index in [0.717, 1.165) is 0 Å². The smallest absolute Gasteiger partial charge is 0.337 e. The van der Waals surface area contributed by atoms with Crippen LogP contribution in [0.15, 0.2) is 18.2 Å². The van der Waals surface area contributed by atoms with Gasteiger partial charge in [0.1, 0.15) is 17.4 Å². The molecule has 106 valence electrons. The molecule has 0 spiro atoms. The lowest BCUT2D eigenvalue weighted by molar-refractivity contribution is -0.120. The number of hydrogen-bond acceptors (Lipinski definition) is 3. The number of nitrogens with two attached hydrogens (primary N) is 1. The Labute approximate surface area is 116 Å². The number of hydrogen-bond donors (Lipinski definition) is 2. The van der Waals surface area contributed by atoms with E-state index in [1.54, 1.807) is 23.6 Å². The monoisotopic (exact) mass is 275 g/mol. The molecule has 2 aromatic rings. The number of primary amides is 1. The number of imidazole rings is 1. The van der Waals surface area contributed by atoms with Crippen molar-refractivity contribution in [3.05, 3.63) is 29.6 Å². The number of carboxylic acids is 1. The van der Waals surface area contributed by atoms with Crippen molar-refractivity contribution in [1.29, 1.82) is 0 Å². The Morgan fingerprint density at radius 1 is 1.30 bits per heavy atom. The molecule has 0 bridgehead atoms. The van der Waals surface area contributed by atoms with Crippen molar-refractivity contribution in [1.82, 2.24) is 9.55 Å². The molecular formula is C14H17N3O3. The fraction of sp³-hybridized carbons (Fsp3) is 0.357. The SMILES string of the molecule is CC(C)c1nc2c(C(=O)O)cccc2n1C(C)C(N)=O. The van der Waals surface area contributed by atoms with Gasteiger partial charge in [0.15, 0.2) is 0 Å². The summed E-state index contributed by atoms with van der Waals surface area (Å²) in [4.78, 5) is 27.2. The van der Waals surface area contributed by atoms with Gasteiger partial charge in [0, 0.05) is 5.92 Å². The van der Waals surface area contributed by atoms with Crippen LogP contribution >= 0.6 is 0 Å². The molecule has 0 aliphatic carbocycles. The number of carbonyl (C=O) groups excluding carboxylic acids is 1. The van der Waals surface area contributed by atoms with E-state index >= 15 is 0 Å². The Balaban J connectivity index is 2.83. The fourth-order valence-electron chi connectivity index (χ4n) is 2.25. The maximum absolute atomic E-state index is 11.5. The minimum absolute atomic E-state index is 0.0471. The number of aromatic carboxylic acids is 1. The molecule has 0 aliphatic rings. The number of amides is 1. The summed E-state index contributed by atoms with van der Waals surface area (Å²) in [6, 6.07) is 4.31. The van der Waals surface area contributed by atoms with E-state index in [4.69, 9.17) is 5.73 Å². The highest BCUT2D eigenvalue weighted by molar-refractivity contribution is 6.01. The van der Waals surface area contributed by atoms with Gasteiger partial charge in [-0.15, -0.1) is 0 Å². The molecule has 1 heterocycles. The van der Waals surface area contributed by atoms with Crippen LogP contribution in [0.1, 0.15) is 48.9 Å². The van der Waals surface area contributed by atoms with Crippen LogP contribution in [0.4, 0.5) is 0 Å². The van der Waals surface area contributed by atoms with Crippen molar-refractivity contribution in [2.24, 2.45) is 5.73 Å². The Morgan fingerprint density at radius 3 is 2.45 bits per heavy atom. The molecule has 1 amide bonds. The first kappa shape index (κ1) is 14.0. The molecule has 0 saturated heterocycles. The van der Waals surface area contributed by atoms with Crippen LogP contribution in [-0.2, 0) is 4.79 Å². The quantitative estimate of drug-likeness (QED) is 0.890. The molecule has 0 aliphatic heterocycles. The Morgan fingerprint density at radius 2 is 1.95 bits per heavy atom. The van der Waals surface area contributed by atoms with Crippen LogP contribution < -0.4 is 5.73 Å². The van der Waals surface area contributed by atoms with Gasteiger partial charge >= 0.3 is 5.97 Å². The first-order valence-electron chi connectivity index (χ1n) is 6.38. The third kappa shape index (κ3) is 2.13. The fourth-order valence-corrected chi connectivity index (χ4v) is 2.25. The maximum Gasteiger partial charge on any atom is 0.337 e. The van der Waals surface area contributed by atoms with Gasteiger partial charge in [-0.05, 0) is 19.1 Å². The molecule has 6 nitrogen and oxygen atoms in total. The first-order chi connectivity index (χ1) is 9.34. The van der Waals surface area contributed by atoms with Crippen molar-refractivity contribution in [3.63, 3.8) is 0 Å². The molecule has 1 aromatic heterocycles. The second-order valence-electron chi connectivity index (χ2n) is 5.05. The van der Waals surface area contributed by atoms with Crippen LogP contribution in [0, 0.1) is 0 Å². The molecule has 3 N–H and O–H groups in total. The van der Waals surface area contributed by atoms with E-state index in [2.05, 4.69) is 4.98 Å². The highest BCUT2D eigenvalue weighted by atomic mass is 16.4. The molecule has 0 saturated carbocycles. The zero-order valence-corrected chi connectivity index (χ0v) is 11.6. The summed E-state index contributed by atoms with van der Waals surface area (Å²) in [6.45, 7) is 5.56. The highest BCUT2D eigenvalue weighted by Gasteiger charge is 2.23. The summed E-state index contributed by atoms with van der Waals surface area (Å²) in [5, 5.41) is 9.23. The summed E-state index contributed by atoms with van der Waals surface area (Å²) in [7, 11) is 0. The normalized spacial score (nSPS) is 12.8. The summed E-state index contributed by atoms with van der Waals surface area (Å²) < 4.78 is 1.72. The van der Waals surface area contributed by atoms with Crippen molar-refractivity contribution >= 4 is 22.9 Å². The number of carbonyl (C=O) groups is 2. The van der Waals surface area contributed by atoms with Gasteiger partial charge in [0.25, 0.3) is 0 Å². The molecule has 1 unspecified atom stereocenters. The first-order valence-corrected chi connectivity index (χ1v) is 6.38. The molecule has 20 heavy (non-hydrogen) atoms. The van der Waals surface area contributed by atoms with E-state index < -0.39 is 17.9 Å². The zero-order valence-electron chi connectivity index (χ0n) is 11.6. The van der Waals surface area contributed by atoms with Gasteiger partial charge in [-0.2, -0.15) is 0 Å². The predicted octanol–water partition coefficient (Wildman–Crippen LogP) is 1.90. The second-order valence-corrected chi connectivity index (χ2v) is 5.05. The van der Waals surface area contributed by atoms with E-state index in [9.17, 15) is 14.7 Å². The number of nitrogens with zero attached hydrogens (tertiary/aromatic N) is 2. The van der Waals surface area contributed by atoms with Crippen LogP contribution in [0.5, 0.6) is 0 Å². The van der Waals surface area contributed by atoms with Crippen LogP contribution in [0.2, 0.25) is 0 Å². The van der Waals surface area contributed by atoms with Gasteiger partial charge in [-0.25, -0.2) is 9.78 Å². The van der Waals surface area contributed by atoms with E-state index in [0.29, 0.717) is 16.9 Å². The van der Waals surface area contributed by atoms with Crippen molar-refractivity contribution in [2.45, 2.75) is 32.7 Å². The van der Waals surface area contributed by atoms with E-state index in [1.165, 1.54) is 6.07 Å². The van der Waals surface area contributed by atoms with Crippen molar-refractivity contribution < 1.29 is 14.7 Å². The molecular weight excluding hydrogens is 258 g/mol. The number of fused-ring (bicyclic) bond motifs is 1. The number of carboxylic acid groups (broad SMARTS) is 1. The molecule has 2 rings (SSSR count). The summed E-state index contributed by atoms with van der Waals surface area (Å²) in [5.74, 6) is -0.819. The predicted molar refractivity (Wildman–Crippen MR) is 74.7 cm³/mol. The summed E-state index contributed by atoms with van der Waals surface area (Å²) in [6.07, 6.45) is 0. The Kier molecular flexibility index (Phi) is 3.48. The Hall–Kier alpha value is -2.37. The standard InChI is InChI=1S/C14H17N3O3/c1-7(2)13-16-11-9(14(19)20)5-4-6-10(11)17(13)8(3)12(15)18/h4-8H,1-3H3,(H2,15,18)(H,19,20). The van der Waals surface area contributed by atoms with Gasteiger partial charge < -0.3 is 15.4 Å². The third-order valence-electron chi connectivity index (χ3n) is 3.29. The van der Waals surface area contributed by atoms with Crippen molar-refractivity contribution in [2.75, 3.05) is 0 Å². The molecule has 0 fully saturated rings. The third-order valence-corrected chi connectivity index (χ3v) is 3.29. The lowest BCUT2D eigenvalue weighted by Gasteiger charge is -2.16. The van der Waals surface area contributed by atoms with E-state index in [1.807, 2.05) is 13.8 Å². The number of aromatic nitrogens is 2. The Bertz CT molecular complexity index is 688. The lowest BCUT2D eigenvalue weighted by atomic mass is 10.1. The number of rotatable bonds is 4. The summed E-state index contributed by atoms with van der Waals surface area (Å²) in [5.41, 5.74) is 6.50. The molecule has 6 heteroatoms. The number of para-hydroxylation sites is 1. The van der Waals surface area contributed by atoms with Crippen molar-refractivity contribution in [3.8, 4) is 0 Å². The second kappa shape index (κ2) is 4.96. The average Bonchev–Trinajstić information content (AvgIpc) is 2.76. The summed E-state index contributed by atoms with van der Waals surface area (Å²) >= 11 is 0. The van der Waals surface area contributed by atoms with Gasteiger partial charge in [-0.3, -0.25) is 4.79 Å². The minimum atomic E-state index is -1.04. The highest BCUT2D eigenvalue weighted by Crippen LogP contribution is 2.27. The molecule has 1 aromatic carbocycles. The number of benzene rings is 1. The largest absolute Gasteiger partial charge is 0.478 e. The van der Waals surface area contributed by atoms with E-state index in [-0.39, 0.29) is 11.5 Å². The van der Waals surface area contributed by atoms with Gasteiger partial charge in [0.2, 0.25) is 5.91 Å². The van der Waals surface area contributed by atoms with Gasteiger partial charge in [0.05, 0.1) is 11.1 Å². The molecule has 1 atom stereocenters. The average molecular weight is 275 g/mol. The maximum atomic E-state index is 11.5. The van der Waals surface area contributed by atoms with Gasteiger partial charge in [-0.1, -0.05) is 19.9 Å². The lowest BCUT2D eigenvalue weighted by Crippen LogP contribution is -2.25. The minimum Gasteiger partial charge on any atom is -0.478 e. The molecule has 0 radical (unpaired) electrons. The topological polar surface area (TPSA) is 98.2 Å². The van der Waals surface area contributed by atoms with Crippen LogP contribution in [0.25, 0.3) is 11.0 Å². The van der Waals surface area contributed by atoms with Crippen LogP contribution in [-0.4, -0.2) is 26.5 Å². The van der Waals surface area contributed by atoms with Crippen LogP contribution in [0.3, 0.4) is 0 Å². The zero-order chi connectivity index (χ0) is 15.0.